The van der Waals surface area contributed by atoms with E-state index in [2.05, 4.69) is 16.7 Å². The first-order valence-electron chi connectivity index (χ1n) is 4.61. The molecule has 1 saturated carbocycles. The molecule has 3 fully saturated rings. The van der Waals surface area contributed by atoms with Crippen LogP contribution in [0.1, 0.15) is 13.3 Å². The summed E-state index contributed by atoms with van der Waals surface area (Å²) in [6.07, 6.45) is 1.23. The zero-order valence-electron chi connectivity index (χ0n) is 7.45. The molecule has 3 aliphatic rings. The Hall–Kier alpha value is -0.520. The number of hydrogen-bond acceptors (Lipinski definition) is 2. The van der Waals surface area contributed by atoms with Gasteiger partial charge in [-0.2, -0.15) is 0 Å². The summed E-state index contributed by atoms with van der Waals surface area (Å²) >= 11 is 0. The molecule has 2 bridgehead atoms. The van der Waals surface area contributed by atoms with E-state index in [0.717, 1.165) is 19.6 Å². The molecular formula is C10H15NO. The summed E-state index contributed by atoms with van der Waals surface area (Å²) in [7, 11) is 0. The molecule has 0 amide bonds. The van der Waals surface area contributed by atoms with Crippen molar-refractivity contribution in [2.75, 3.05) is 19.6 Å². The van der Waals surface area contributed by atoms with Gasteiger partial charge in [-0.15, -0.1) is 5.92 Å². The maximum Gasteiger partial charge on any atom is 0.0621 e. The Morgan fingerprint density at radius 3 is 2.58 bits per heavy atom. The Bertz CT molecular complexity index is 216. The van der Waals surface area contributed by atoms with E-state index in [9.17, 15) is 5.11 Å². The number of aliphatic hydroxyl groups excluding tert-OH is 1. The SMILES string of the molecule is CC#CCN1C[C@H]2C[C@@H](C1)C2O. The number of piperidine rings is 2. The van der Waals surface area contributed by atoms with Gasteiger partial charge in [-0.05, 0) is 25.2 Å². The Balaban J connectivity index is 1.85. The maximum atomic E-state index is 9.51. The molecule has 2 nitrogen and oxygen atoms in total. The molecule has 0 radical (unpaired) electrons. The number of nitrogens with zero attached hydrogens (tertiary/aromatic N) is 1. The molecule has 2 heterocycles. The van der Waals surface area contributed by atoms with Crippen LogP contribution in [-0.4, -0.2) is 35.7 Å². The zero-order chi connectivity index (χ0) is 8.55. The fraction of sp³-hybridized carbons (Fsp3) is 0.800. The molecule has 0 spiro atoms. The molecule has 12 heavy (non-hydrogen) atoms. The highest BCUT2D eigenvalue weighted by atomic mass is 16.3. The van der Waals surface area contributed by atoms with E-state index < -0.39 is 0 Å². The van der Waals surface area contributed by atoms with Crippen LogP contribution in [0.3, 0.4) is 0 Å². The van der Waals surface area contributed by atoms with E-state index in [1.54, 1.807) is 0 Å². The molecule has 1 unspecified atom stereocenters. The van der Waals surface area contributed by atoms with Gasteiger partial charge in [0.25, 0.3) is 0 Å². The number of rotatable bonds is 1. The van der Waals surface area contributed by atoms with Gasteiger partial charge in [0.15, 0.2) is 0 Å². The van der Waals surface area contributed by atoms with E-state index in [4.69, 9.17) is 0 Å². The predicted octanol–water partition coefficient (Wildman–Crippen LogP) is 0.322. The Labute approximate surface area is 73.6 Å². The summed E-state index contributed by atoms with van der Waals surface area (Å²) in [4.78, 5) is 2.35. The van der Waals surface area contributed by atoms with Crippen LogP contribution in [0.4, 0.5) is 0 Å². The van der Waals surface area contributed by atoms with E-state index in [1.165, 1.54) is 6.42 Å². The first-order valence-corrected chi connectivity index (χ1v) is 4.61. The minimum Gasteiger partial charge on any atom is -0.392 e. The monoisotopic (exact) mass is 165 g/mol. The number of aliphatic hydroxyl groups is 1. The lowest BCUT2D eigenvalue weighted by Crippen LogP contribution is -2.58. The highest BCUT2D eigenvalue weighted by Gasteiger charge is 2.45. The smallest absolute Gasteiger partial charge is 0.0621 e. The van der Waals surface area contributed by atoms with Crippen molar-refractivity contribution in [1.29, 1.82) is 0 Å². The molecule has 66 valence electrons. The molecular weight excluding hydrogens is 150 g/mol. The molecule has 0 aromatic rings. The lowest BCUT2D eigenvalue weighted by Gasteiger charge is -2.50. The van der Waals surface area contributed by atoms with Crippen LogP contribution in [0.2, 0.25) is 0 Å². The van der Waals surface area contributed by atoms with Gasteiger partial charge in [-0.3, -0.25) is 4.90 Å². The van der Waals surface area contributed by atoms with Crippen molar-refractivity contribution in [3.05, 3.63) is 0 Å². The van der Waals surface area contributed by atoms with Gasteiger partial charge in [0.1, 0.15) is 0 Å². The largest absolute Gasteiger partial charge is 0.392 e. The van der Waals surface area contributed by atoms with E-state index in [0.29, 0.717) is 11.8 Å². The van der Waals surface area contributed by atoms with Gasteiger partial charge in [-0.1, -0.05) is 5.92 Å². The van der Waals surface area contributed by atoms with Crippen molar-refractivity contribution in [1.82, 2.24) is 4.90 Å². The van der Waals surface area contributed by atoms with Crippen molar-refractivity contribution in [3.63, 3.8) is 0 Å². The fourth-order valence-corrected chi connectivity index (χ4v) is 2.28. The minimum atomic E-state index is -0.00386. The maximum absolute atomic E-state index is 9.51. The second-order valence-corrected chi connectivity index (χ2v) is 3.87. The van der Waals surface area contributed by atoms with Crippen molar-refractivity contribution >= 4 is 0 Å². The lowest BCUT2D eigenvalue weighted by molar-refractivity contribution is -0.104. The average Bonchev–Trinajstić information content (AvgIpc) is 2.14. The summed E-state index contributed by atoms with van der Waals surface area (Å²) in [5.74, 6) is 7.06. The van der Waals surface area contributed by atoms with E-state index in [-0.39, 0.29) is 6.10 Å². The third-order valence-corrected chi connectivity index (χ3v) is 3.04. The van der Waals surface area contributed by atoms with Crippen LogP contribution in [-0.2, 0) is 0 Å². The summed E-state index contributed by atoms with van der Waals surface area (Å²) in [5.41, 5.74) is 0. The highest BCUT2D eigenvalue weighted by molar-refractivity contribution is 5.03. The first kappa shape index (κ1) is 8.10. The van der Waals surface area contributed by atoms with Gasteiger partial charge in [0, 0.05) is 13.1 Å². The second-order valence-electron chi connectivity index (χ2n) is 3.87. The minimum absolute atomic E-state index is 0.00386. The number of fused-ring (bicyclic) bond motifs is 2. The van der Waals surface area contributed by atoms with Gasteiger partial charge in [-0.25, -0.2) is 0 Å². The molecule has 2 heteroatoms. The molecule has 1 N–H and O–H groups in total. The van der Waals surface area contributed by atoms with Crippen molar-refractivity contribution < 1.29 is 5.11 Å². The van der Waals surface area contributed by atoms with E-state index in [1.807, 2.05) is 6.92 Å². The molecule has 2 saturated heterocycles. The van der Waals surface area contributed by atoms with Gasteiger partial charge in [0.2, 0.25) is 0 Å². The van der Waals surface area contributed by atoms with Crippen molar-refractivity contribution in [3.8, 4) is 11.8 Å². The van der Waals surface area contributed by atoms with Crippen LogP contribution in [0.5, 0.6) is 0 Å². The molecule has 3 atom stereocenters. The van der Waals surface area contributed by atoms with Gasteiger partial charge >= 0.3 is 0 Å². The van der Waals surface area contributed by atoms with Gasteiger partial charge in [0.05, 0.1) is 12.6 Å². The summed E-state index contributed by atoms with van der Waals surface area (Å²) in [5, 5.41) is 9.51. The Kier molecular flexibility index (Phi) is 2.08. The lowest BCUT2D eigenvalue weighted by atomic mass is 9.68. The summed E-state index contributed by atoms with van der Waals surface area (Å²) < 4.78 is 0. The first-order chi connectivity index (χ1) is 5.81. The van der Waals surface area contributed by atoms with E-state index >= 15 is 0 Å². The third-order valence-electron chi connectivity index (χ3n) is 3.04. The normalized spacial score (nSPS) is 39.7. The van der Waals surface area contributed by atoms with Crippen molar-refractivity contribution in [2.24, 2.45) is 11.8 Å². The molecule has 3 rings (SSSR count). The highest BCUT2D eigenvalue weighted by Crippen LogP contribution is 2.39. The molecule has 0 aromatic heterocycles. The average molecular weight is 165 g/mol. The summed E-state index contributed by atoms with van der Waals surface area (Å²) in [6.45, 7) is 4.86. The topological polar surface area (TPSA) is 23.5 Å². The van der Waals surface area contributed by atoms with Crippen LogP contribution in [0.25, 0.3) is 0 Å². The van der Waals surface area contributed by atoms with Crippen LogP contribution < -0.4 is 0 Å². The van der Waals surface area contributed by atoms with Crippen molar-refractivity contribution in [2.45, 2.75) is 19.4 Å². The van der Waals surface area contributed by atoms with Crippen LogP contribution in [0, 0.1) is 23.7 Å². The predicted molar refractivity (Wildman–Crippen MR) is 47.5 cm³/mol. The van der Waals surface area contributed by atoms with Gasteiger partial charge < -0.3 is 5.11 Å². The molecule has 0 aromatic carbocycles. The Morgan fingerprint density at radius 2 is 2.08 bits per heavy atom. The molecule has 2 aliphatic heterocycles. The fourth-order valence-electron chi connectivity index (χ4n) is 2.28. The number of hydrogen-bond donors (Lipinski definition) is 1. The molecule has 1 aliphatic carbocycles. The second kappa shape index (κ2) is 3.08. The third kappa shape index (κ3) is 1.24. The van der Waals surface area contributed by atoms with Crippen LogP contribution >= 0.6 is 0 Å². The van der Waals surface area contributed by atoms with Crippen LogP contribution in [0.15, 0.2) is 0 Å². The standard InChI is InChI=1S/C10H15NO/c1-2-3-4-11-6-8-5-9(7-11)10(8)12/h8-10,12H,4-7H2,1H3/t8-,9+,10?. The Morgan fingerprint density at radius 1 is 1.42 bits per heavy atom. The zero-order valence-corrected chi connectivity index (χ0v) is 7.45. The summed E-state index contributed by atoms with van der Waals surface area (Å²) in [6, 6.07) is 0. The quantitative estimate of drug-likeness (QED) is 0.566.